The van der Waals surface area contributed by atoms with Crippen LogP contribution in [0.4, 0.5) is 5.69 Å². The van der Waals surface area contributed by atoms with E-state index in [2.05, 4.69) is 31.3 Å². The van der Waals surface area contributed by atoms with Crippen LogP contribution in [0.1, 0.15) is 33.3 Å². The van der Waals surface area contributed by atoms with Gasteiger partial charge in [-0.25, -0.2) is 0 Å². The molecule has 2 aromatic rings. The van der Waals surface area contributed by atoms with Crippen LogP contribution in [-0.2, 0) is 6.54 Å². The fourth-order valence-electron chi connectivity index (χ4n) is 2.13. The van der Waals surface area contributed by atoms with Gasteiger partial charge < -0.3 is 14.8 Å². The number of hydrogen-bond donors (Lipinski definition) is 1. The minimum Gasteiger partial charge on any atom is -0.493 e. The molecule has 0 unspecified atom stereocenters. The third kappa shape index (κ3) is 5.85. The molecule has 1 N–H and O–H groups in total. The van der Waals surface area contributed by atoms with Crippen LogP contribution in [0, 0.1) is 5.92 Å². The van der Waals surface area contributed by atoms with Crippen molar-refractivity contribution in [2.24, 2.45) is 5.92 Å². The number of nitrogens with one attached hydrogen (secondary N) is 1. The quantitative estimate of drug-likeness (QED) is 0.733. The molecule has 23 heavy (non-hydrogen) atoms. The summed E-state index contributed by atoms with van der Waals surface area (Å²) in [7, 11) is 0. The van der Waals surface area contributed by atoms with Crippen molar-refractivity contribution in [3.63, 3.8) is 0 Å². The summed E-state index contributed by atoms with van der Waals surface area (Å²) in [6.07, 6.45) is 0.162. The Balaban J connectivity index is 1.93. The third-order valence-corrected chi connectivity index (χ3v) is 3.24. The summed E-state index contributed by atoms with van der Waals surface area (Å²) in [6.45, 7) is 9.86. The molecule has 0 fully saturated rings. The molecule has 0 saturated heterocycles. The van der Waals surface area contributed by atoms with E-state index < -0.39 is 0 Å². The summed E-state index contributed by atoms with van der Waals surface area (Å²) in [5.41, 5.74) is 2.22. The Labute approximate surface area is 139 Å². The Kier molecular flexibility index (Phi) is 6.33. The van der Waals surface area contributed by atoms with Crippen molar-refractivity contribution in [3.8, 4) is 11.5 Å². The fraction of sp³-hybridized carbons (Fsp3) is 0.400. The maximum absolute atomic E-state index is 5.82. The molecule has 2 aromatic carbocycles. The van der Waals surface area contributed by atoms with Crippen molar-refractivity contribution in [3.05, 3.63) is 54.1 Å². The van der Waals surface area contributed by atoms with Gasteiger partial charge in [-0.3, -0.25) is 0 Å². The Morgan fingerprint density at radius 3 is 2.26 bits per heavy atom. The van der Waals surface area contributed by atoms with Gasteiger partial charge in [-0.15, -0.1) is 0 Å². The molecule has 0 spiro atoms. The van der Waals surface area contributed by atoms with E-state index in [-0.39, 0.29) is 6.10 Å². The fourth-order valence-corrected chi connectivity index (χ4v) is 2.13. The van der Waals surface area contributed by atoms with Gasteiger partial charge in [0.05, 0.1) is 18.4 Å². The maximum atomic E-state index is 5.82. The van der Waals surface area contributed by atoms with Gasteiger partial charge >= 0.3 is 0 Å². The molecule has 0 aliphatic heterocycles. The van der Waals surface area contributed by atoms with E-state index in [1.54, 1.807) is 0 Å². The van der Waals surface area contributed by atoms with Crippen molar-refractivity contribution in [2.75, 3.05) is 11.9 Å². The summed E-state index contributed by atoms with van der Waals surface area (Å²) >= 11 is 0. The molecule has 0 amide bonds. The predicted octanol–water partition coefficient (Wildman–Crippen LogP) is 5.12. The average molecular weight is 313 g/mol. The van der Waals surface area contributed by atoms with E-state index >= 15 is 0 Å². The number of rotatable bonds is 8. The summed E-state index contributed by atoms with van der Waals surface area (Å²) in [5.74, 6) is 2.35. The van der Waals surface area contributed by atoms with Crippen molar-refractivity contribution in [1.29, 1.82) is 0 Å². The van der Waals surface area contributed by atoms with E-state index in [1.807, 2.05) is 50.2 Å². The number of benzene rings is 2. The number of ether oxygens (including phenoxy) is 2. The molecule has 0 aromatic heterocycles. The second-order valence-electron chi connectivity index (χ2n) is 6.37. The van der Waals surface area contributed by atoms with Gasteiger partial charge in [0.2, 0.25) is 0 Å². The standard InChI is InChI=1S/C20H27NO2/c1-15(2)14-22-18-11-9-17(10-12-18)13-21-19-7-5-6-8-20(19)23-16(3)4/h5-12,15-16,21H,13-14H2,1-4H3. The lowest BCUT2D eigenvalue weighted by Crippen LogP contribution is -2.08. The van der Waals surface area contributed by atoms with Crippen molar-refractivity contribution >= 4 is 5.69 Å². The zero-order valence-corrected chi connectivity index (χ0v) is 14.5. The molecule has 3 nitrogen and oxygen atoms in total. The van der Waals surface area contributed by atoms with E-state index in [0.717, 1.165) is 30.3 Å². The lowest BCUT2D eigenvalue weighted by molar-refractivity contribution is 0.243. The molecular formula is C20H27NO2. The first-order valence-electron chi connectivity index (χ1n) is 8.26. The first kappa shape index (κ1) is 17.2. The second kappa shape index (κ2) is 8.47. The largest absolute Gasteiger partial charge is 0.493 e. The Hall–Kier alpha value is -2.16. The lowest BCUT2D eigenvalue weighted by atomic mass is 10.2. The van der Waals surface area contributed by atoms with Crippen LogP contribution in [0.2, 0.25) is 0 Å². The highest BCUT2D eigenvalue weighted by Crippen LogP contribution is 2.25. The van der Waals surface area contributed by atoms with Crippen LogP contribution in [0.25, 0.3) is 0 Å². The number of para-hydroxylation sites is 2. The molecule has 124 valence electrons. The van der Waals surface area contributed by atoms with Gasteiger partial charge in [0, 0.05) is 6.54 Å². The monoisotopic (exact) mass is 313 g/mol. The van der Waals surface area contributed by atoms with Crippen LogP contribution < -0.4 is 14.8 Å². The summed E-state index contributed by atoms with van der Waals surface area (Å²) < 4.78 is 11.5. The first-order valence-corrected chi connectivity index (χ1v) is 8.26. The van der Waals surface area contributed by atoms with Crippen LogP contribution in [-0.4, -0.2) is 12.7 Å². The van der Waals surface area contributed by atoms with E-state index in [4.69, 9.17) is 9.47 Å². The molecule has 0 heterocycles. The molecule has 0 aliphatic carbocycles. The molecule has 2 rings (SSSR count). The van der Waals surface area contributed by atoms with Crippen molar-refractivity contribution < 1.29 is 9.47 Å². The van der Waals surface area contributed by atoms with Crippen LogP contribution in [0.5, 0.6) is 11.5 Å². The maximum Gasteiger partial charge on any atom is 0.142 e. The van der Waals surface area contributed by atoms with Crippen molar-refractivity contribution in [2.45, 2.75) is 40.3 Å². The number of anilines is 1. The van der Waals surface area contributed by atoms with Gasteiger partial charge in [0.15, 0.2) is 0 Å². The lowest BCUT2D eigenvalue weighted by Gasteiger charge is -2.15. The molecule has 0 bridgehead atoms. The zero-order chi connectivity index (χ0) is 16.7. The van der Waals surface area contributed by atoms with Crippen LogP contribution in [0.15, 0.2) is 48.5 Å². The predicted molar refractivity (Wildman–Crippen MR) is 96.3 cm³/mol. The summed E-state index contributed by atoms with van der Waals surface area (Å²) in [5, 5.41) is 3.44. The van der Waals surface area contributed by atoms with E-state index in [0.29, 0.717) is 5.92 Å². The Bertz CT molecular complexity index is 591. The van der Waals surface area contributed by atoms with E-state index in [1.165, 1.54) is 5.56 Å². The number of hydrogen-bond acceptors (Lipinski definition) is 3. The highest BCUT2D eigenvalue weighted by atomic mass is 16.5. The van der Waals surface area contributed by atoms with Gasteiger partial charge in [0.25, 0.3) is 0 Å². The summed E-state index contributed by atoms with van der Waals surface area (Å²) in [6, 6.07) is 16.3. The molecular weight excluding hydrogens is 286 g/mol. The Morgan fingerprint density at radius 2 is 1.61 bits per heavy atom. The smallest absolute Gasteiger partial charge is 0.142 e. The molecule has 0 radical (unpaired) electrons. The molecule has 0 atom stereocenters. The Morgan fingerprint density at radius 1 is 0.913 bits per heavy atom. The highest BCUT2D eigenvalue weighted by molar-refractivity contribution is 5.56. The van der Waals surface area contributed by atoms with E-state index in [9.17, 15) is 0 Å². The highest BCUT2D eigenvalue weighted by Gasteiger charge is 2.05. The van der Waals surface area contributed by atoms with Gasteiger partial charge in [-0.2, -0.15) is 0 Å². The molecule has 3 heteroatoms. The molecule has 0 aliphatic rings. The van der Waals surface area contributed by atoms with Gasteiger partial charge in [0.1, 0.15) is 11.5 Å². The van der Waals surface area contributed by atoms with Crippen molar-refractivity contribution in [1.82, 2.24) is 0 Å². The minimum absolute atomic E-state index is 0.162. The molecule has 0 saturated carbocycles. The third-order valence-electron chi connectivity index (χ3n) is 3.24. The summed E-state index contributed by atoms with van der Waals surface area (Å²) in [4.78, 5) is 0. The van der Waals surface area contributed by atoms with Crippen LogP contribution in [0.3, 0.4) is 0 Å². The zero-order valence-electron chi connectivity index (χ0n) is 14.5. The van der Waals surface area contributed by atoms with Gasteiger partial charge in [-0.1, -0.05) is 38.1 Å². The average Bonchev–Trinajstić information content (AvgIpc) is 2.52. The normalized spacial score (nSPS) is 10.9. The topological polar surface area (TPSA) is 30.5 Å². The van der Waals surface area contributed by atoms with Gasteiger partial charge in [-0.05, 0) is 49.6 Å². The SMILES string of the molecule is CC(C)COc1ccc(CNc2ccccc2OC(C)C)cc1. The first-order chi connectivity index (χ1) is 11.0. The second-order valence-corrected chi connectivity index (χ2v) is 6.37. The van der Waals surface area contributed by atoms with Crippen LogP contribution >= 0.6 is 0 Å². The minimum atomic E-state index is 0.162.